The lowest BCUT2D eigenvalue weighted by molar-refractivity contribution is 0.0728. The van der Waals surface area contributed by atoms with Gasteiger partial charge in [0, 0.05) is 6.54 Å². The van der Waals surface area contributed by atoms with E-state index in [1.165, 1.54) is 0 Å². The molecule has 3 aromatic rings. The maximum Gasteiger partial charge on any atom is 0.290 e. The van der Waals surface area contributed by atoms with Gasteiger partial charge in [0.15, 0.2) is 5.43 Å². The van der Waals surface area contributed by atoms with Crippen LogP contribution in [0.2, 0.25) is 0 Å². The Kier molecular flexibility index (Phi) is 3.91. The molecule has 0 fully saturated rings. The zero-order valence-electron chi connectivity index (χ0n) is 15.2. The predicted octanol–water partition coefficient (Wildman–Crippen LogP) is 4.37. The Bertz CT molecular complexity index is 1070. The van der Waals surface area contributed by atoms with Crippen LogP contribution in [0.1, 0.15) is 52.2 Å². The van der Waals surface area contributed by atoms with E-state index in [1.807, 2.05) is 63.2 Å². The first kappa shape index (κ1) is 16.6. The van der Waals surface area contributed by atoms with Crippen LogP contribution < -0.4 is 5.43 Å². The first-order chi connectivity index (χ1) is 12.5. The number of carbonyl (C=O) groups excluding carboxylic acids is 1. The van der Waals surface area contributed by atoms with Crippen LogP contribution in [0.5, 0.6) is 0 Å². The van der Waals surface area contributed by atoms with E-state index in [4.69, 9.17) is 4.42 Å². The summed E-state index contributed by atoms with van der Waals surface area (Å²) in [6.45, 7) is 6.47. The van der Waals surface area contributed by atoms with Gasteiger partial charge in [-0.05, 0) is 43.0 Å². The van der Waals surface area contributed by atoms with Crippen LogP contribution in [0.4, 0.5) is 0 Å². The zero-order chi connectivity index (χ0) is 18.4. The van der Waals surface area contributed by atoms with Crippen LogP contribution in [0.3, 0.4) is 0 Å². The Hall–Kier alpha value is -2.88. The van der Waals surface area contributed by atoms with Gasteiger partial charge in [0.2, 0.25) is 5.76 Å². The largest absolute Gasteiger partial charge is 0.450 e. The summed E-state index contributed by atoms with van der Waals surface area (Å²) in [6.07, 6.45) is 0.814. The van der Waals surface area contributed by atoms with Crippen molar-refractivity contribution in [2.24, 2.45) is 0 Å². The van der Waals surface area contributed by atoms with E-state index in [1.54, 1.807) is 4.90 Å². The summed E-state index contributed by atoms with van der Waals surface area (Å²) in [5.41, 5.74) is 3.69. The van der Waals surface area contributed by atoms with Crippen molar-refractivity contribution in [2.45, 2.75) is 33.2 Å². The smallest absolute Gasteiger partial charge is 0.290 e. The van der Waals surface area contributed by atoms with Gasteiger partial charge in [-0.15, -0.1) is 0 Å². The van der Waals surface area contributed by atoms with Crippen LogP contribution in [-0.4, -0.2) is 17.4 Å². The van der Waals surface area contributed by atoms with Gasteiger partial charge < -0.3 is 9.32 Å². The first-order valence-corrected chi connectivity index (χ1v) is 8.96. The summed E-state index contributed by atoms with van der Waals surface area (Å²) in [6, 6.07) is 13.1. The molecule has 132 valence electrons. The van der Waals surface area contributed by atoms with Crippen LogP contribution in [-0.2, 0) is 0 Å². The van der Waals surface area contributed by atoms with E-state index < -0.39 is 0 Å². The number of aryl methyl sites for hydroxylation is 2. The van der Waals surface area contributed by atoms with E-state index in [9.17, 15) is 9.59 Å². The molecule has 1 aliphatic heterocycles. The standard InChI is InChI=1S/C22H21NO3/c1-4-10-23-18(15-8-6-5-7-9-15)17-19(24)16-12-13(2)11-14(3)20(16)26-21(17)22(23)25/h5-9,11-12,18H,4,10H2,1-3H3. The van der Waals surface area contributed by atoms with Crippen molar-refractivity contribution in [3.63, 3.8) is 0 Å². The predicted molar refractivity (Wildman–Crippen MR) is 102 cm³/mol. The van der Waals surface area contributed by atoms with Crippen LogP contribution in [0.15, 0.2) is 51.7 Å². The molecule has 2 heterocycles. The Labute approximate surface area is 152 Å². The molecule has 1 atom stereocenters. The van der Waals surface area contributed by atoms with Gasteiger partial charge in [-0.2, -0.15) is 0 Å². The lowest BCUT2D eigenvalue weighted by Gasteiger charge is -2.24. The van der Waals surface area contributed by atoms with E-state index in [-0.39, 0.29) is 23.1 Å². The van der Waals surface area contributed by atoms with Gasteiger partial charge in [0.25, 0.3) is 5.91 Å². The topological polar surface area (TPSA) is 50.5 Å². The van der Waals surface area contributed by atoms with Gasteiger partial charge in [-0.1, -0.05) is 43.3 Å². The van der Waals surface area contributed by atoms with Crippen LogP contribution >= 0.6 is 0 Å². The number of nitrogens with zero attached hydrogens (tertiary/aromatic N) is 1. The third-order valence-electron chi connectivity index (χ3n) is 4.98. The summed E-state index contributed by atoms with van der Waals surface area (Å²) < 4.78 is 6.02. The third-order valence-corrected chi connectivity index (χ3v) is 4.98. The first-order valence-electron chi connectivity index (χ1n) is 8.96. The highest BCUT2D eigenvalue weighted by molar-refractivity contribution is 5.99. The van der Waals surface area contributed by atoms with Gasteiger partial charge in [0.1, 0.15) is 5.58 Å². The lowest BCUT2D eigenvalue weighted by atomic mass is 9.97. The summed E-state index contributed by atoms with van der Waals surface area (Å²) in [5, 5.41) is 0.549. The maximum atomic E-state index is 13.4. The molecule has 0 aliphatic carbocycles. The van der Waals surface area contributed by atoms with Crippen molar-refractivity contribution in [1.29, 1.82) is 0 Å². The molecule has 4 rings (SSSR count). The molecule has 0 bridgehead atoms. The number of amides is 1. The second kappa shape index (κ2) is 6.13. The highest BCUT2D eigenvalue weighted by Gasteiger charge is 2.42. The van der Waals surface area contributed by atoms with Crippen molar-refractivity contribution >= 4 is 16.9 Å². The highest BCUT2D eigenvalue weighted by atomic mass is 16.3. The van der Waals surface area contributed by atoms with Gasteiger partial charge >= 0.3 is 0 Å². The minimum Gasteiger partial charge on any atom is -0.450 e. The van der Waals surface area contributed by atoms with Crippen LogP contribution in [0.25, 0.3) is 11.0 Å². The number of hydrogen-bond donors (Lipinski definition) is 0. The molecule has 2 aromatic carbocycles. The molecule has 0 saturated heterocycles. The number of rotatable bonds is 3. The van der Waals surface area contributed by atoms with Gasteiger partial charge in [-0.3, -0.25) is 9.59 Å². The fourth-order valence-corrected chi connectivity index (χ4v) is 3.93. The molecule has 0 radical (unpaired) electrons. The molecule has 1 amide bonds. The van der Waals surface area contributed by atoms with Crippen molar-refractivity contribution in [3.05, 3.63) is 80.7 Å². The Balaban J connectivity index is 2.06. The molecule has 0 spiro atoms. The van der Waals surface area contributed by atoms with E-state index in [0.717, 1.165) is 23.1 Å². The summed E-state index contributed by atoms with van der Waals surface area (Å²) in [4.78, 5) is 28.2. The molecular formula is C22H21NO3. The van der Waals surface area contributed by atoms with Gasteiger partial charge in [-0.25, -0.2) is 0 Å². The van der Waals surface area contributed by atoms with Crippen molar-refractivity contribution in [3.8, 4) is 0 Å². The van der Waals surface area contributed by atoms with E-state index >= 15 is 0 Å². The quantitative estimate of drug-likeness (QED) is 0.707. The molecule has 1 aliphatic rings. The van der Waals surface area contributed by atoms with Crippen molar-refractivity contribution < 1.29 is 9.21 Å². The molecule has 1 aromatic heterocycles. The van der Waals surface area contributed by atoms with Crippen molar-refractivity contribution in [1.82, 2.24) is 4.90 Å². The molecule has 0 N–H and O–H groups in total. The highest BCUT2D eigenvalue weighted by Crippen LogP contribution is 2.38. The fraction of sp³-hybridized carbons (Fsp3) is 0.273. The molecule has 4 heteroatoms. The lowest BCUT2D eigenvalue weighted by Crippen LogP contribution is -2.30. The molecule has 1 unspecified atom stereocenters. The molecule has 4 nitrogen and oxygen atoms in total. The monoisotopic (exact) mass is 347 g/mol. The van der Waals surface area contributed by atoms with E-state index in [2.05, 4.69) is 0 Å². The zero-order valence-corrected chi connectivity index (χ0v) is 15.2. The number of carbonyl (C=O) groups is 1. The molecule has 0 saturated carbocycles. The molecular weight excluding hydrogens is 326 g/mol. The fourth-order valence-electron chi connectivity index (χ4n) is 3.93. The average Bonchev–Trinajstić information content (AvgIpc) is 2.90. The third kappa shape index (κ3) is 2.37. The maximum absolute atomic E-state index is 13.4. The summed E-state index contributed by atoms with van der Waals surface area (Å²) in [7, 11) is 0. The summed E-state index contributed by atoms with van der Waals surface area (Å²) in [5.74, 6) is -0.00793. The second-order valence-electron chi connectivity index (χ2n) is 6.94. The average molecular weight is 347 g/mol. The summed E-state index contributed by atoms with van der Waals surface area (Å²) >= 11 is 0. The Morgan fingerprint density at radius 2 is 1.81 bits per heavy atom. The van der Waals surface area contributed by atoms with Crippen molar-refractivity contribution in [2.75, 3.05) is 6.54 Å². The Morgan fingerprint density at radius 1 is 1.08 bits per heavy atom. The second-order valence-corrected chi connectivity index (χ2v) is 6.94. The van der Waals surface area contributed by atoms with E-state index in [0.29, 0.717) is 23.1 Å². The minimum absolute atomic E-state index is 0.103. The number of benzene rings is 2. The normalized spacial score (nSPS) is 16.3. The SMILES string of the molecule is CCCN1C(=O)c2oc3c(C)cc(C)cc3c(=O)c2C1c1ccccc1. The van der Waals surface area contributed by atoms with Crippen LogP contribution in [0, 0.1) is 13.8 Å². The molecule has 26 heavy (non-hydrogen) atoms. The van der Waals surface area contributed by atoms with Gasteiger partial charge in [0.05, 0.1) is 17.0 Å². The minimum atomic E-state index is -0.389. The number of fused-ring (bicyclic) bond motifs is 2. The Morgan fingerprint density at radius 3 is 2.50 bits per heavy atom. The number of hydrogen-bond acceptors (Lipinski definition) is 3.